The normalized spacial score (nSPS) is 14.2. The van der Waals surface area contributed by atoms with E-state index in [1.807, 2.05) is 0 Å². The lowest BCUT2D eigenvalue weighted by atomic mass is 10.1. The minimum Gasteiger partial charge on any atom is -0.382 e. The van der Waals surface area contributed by atoms with E-state index in [0.717, 1.165) is 18.7 Å². The van der Waals surface area contributed by atoms with Gasteiger partial charge in [-0.3, -0.25) is 0 Å². The highest BCUT2D eigenvalue weighted by molar-refractivity contribution is 4.92. The van der Waals surface area contributed by atoms with Gasteiger partial charge in [0.25, 0.3) is 0 Å². The van der Waals surface area contributed by atoms with Gasteiger partial charge in [-0.1, -0.05) is 0 Å². The van der Waals surface area contributed by atoms with Gasteiger partial charge in [-0.25, -0.2) is 0 Å². The number of hydrogen-bond donors (Lipinski definition) is 0. The molecule has 0 spiro atoms. The molecular formula is C11H21N3O. The molecule has 0 aliphatic heterocycles. The molecular weight excluding hydrogens is 190 g/mol. The van der Waals surface area contributed by atoms with Gasteiger partial charge in [0.15, 0.2) is 0 Å². The summed E-state index contributed by atoms with van der Waals surface area (Å²) in [7, 11) is 1.74. The zero-order valence-electron chi connectivity index (χ0n) is 10.3. The van der Waals surface area contributed by atoms with Crippen molar-refractivity contribution < 1.29 is 4.74 Å². The SMILES string of the molecule is COC(C)CCc1nncn1C(C)(C)C. The topological polar surface area (TPSA) is 39.9 Å². The van der Waals surface area contributed by atoms with Gasteiger partial charge in [0.1, 0.15) is 12.2 Å². The van der Waals surface area contributed by atoms with E-state index < -0.39 is 0 Å². The summed E-state index contributed by atoms with van der Waals surface area (Å²) in [5.74, 6) is 1.03. The largest absolute Gasteiger partial charge is 0.382 e. The molecule has 0 aromatic carbocycles. The lowest BCUT2D eigenvalue weighted by Gasteiger charge is -2.22. The summed E-state index contributed by atoms with van der Waals surface area (Å²) in [5.41, 5.74) is 0.0507. The fraction of sp³-hybridized carbons (Fsp3) is 0.818. The van der Waals surface area contributed by atoms with Crippen LogP contribution in [0.1, 0.15) is 39.9 Å². The lowest BCUT2D eigenvalue weighted by Crippen LogP contribution is -2.24. The van der Waals surface area contributed by atoms with Crippen LogP contribution in [0.15, 0.2) is 6.33 Å². The summed E-state index contributed by atoms with van der Waals surface area (Å²) in [5, 5.41) is 8.11. The average Bonchev–Trinajstić information content (AvgIpc) is 2.61. The minimum atomic E-state index is 0.0507. The van der Waals surface area contributed by atoms with Crippen molar-refractivity contribution in [3.8, 4) is 0 Å². The van der Waals surface area contributed by atoms with Crippen molar-refractivity contribution in [1.29, 1.82) is 0 Å². The van der Waals surface area contributed by atoms with E-state index in [-0.39, 0.29) is 11.6 Å². The van der Waals surface area contributed by atoms with Crippen LogP contribution in [0.3, 0.4) is 0 Å². The summed E-state index contributed by atoms with van der Waals surface area (Å²) in [6.07, 6.45) is 3.96. The molecule has 1 atom stereocenters. The molecule has 0 amide bonds. The van der Waals surface area contributed by atoms with E-state index in [2.05, 4.69) is 42.5 Å². The van der Waals surface area contributed by atoms with Crippen LogP contribution in [0, 0.1) is 0 Å². The van der Waals surface area contributed by atoms with Gasteiger partial charge >= 0.3 is 0 Å². The van der Waals surface area contributed by atoms with E-state index in [9.17, 15) is 0 Å². The Morgan fingerprint density at radius 3 is 2.67 bits per heavy atom. The first-order valence-corrected chi connectivity index (χ1v) is 5.37. The number of aryl methyl sites for hydroxylation is 1. The summed E-state index contributed by atoms with van der Waals surface area (Å²) in [6, 6.07) is 0. The fourth-order valence-corrected chi connectivity index (χ4v) is 1.44. The molecule has 1 heterocycles. The Morgan fingerprint density at radius 1 is 1.47 bits per heavy atom. The first kappa shape index (κ1) is 12.2. The molecule has 86 valence electrons. The fourth-order valence-electron chi connectivity index (χ4n) is 1.44. The highest BCUT2D eigenvalue weighted by atomic mass is 16.5. The van der Waals surface area contributed by atoms with E-state index in [0.29, 0.717) is 0 Å². The summed E-state index contributed by atoms with van der Waals surface area (Å²) in [4.78, 5) is 0. The predicted molar refractivity (Wildman–Crippen MR) is 59.8 cm³/mol. The van der Waals surface area contributed by atoms with Crippen molar-refractivity contribution in [1.82, 2.24) is 14.8 Å². The number of rotatable bonds is 4. The minimum absolute atomic E-state index is 0.0507. The maximum Gasteiger partial charge on any atom is 0.133 e. The van der Waals surface area contributed by atoms with Crippen LogP contribution in [0.5, 0.6) is 0 Å². The van der Waals surface area contributed by atoms with Crippen molar-refractivity contribution in [2.24, 2.45) is 0 Å². The lowest BCUT2D eigenvalue weighted by molar-refractivity contribution is 0.110. The monoisotopic (exact) mass is 211 g/mol. The van der Waals surface area contributed by atoms with Crippen molar-refractivity contribution in [3.05, 3.63) is 12.2 Å². The molecule has 15 heavy (non-hydrogen) atoms. The number of ether oxygens (including phenoxy) is 1. The van der Waals surface area contributed by atoms with Gasteiger partial charge in [-0.15, -0.1) is 10.2 Å². The van der Waals surface area contributed by atoms with Gasteiger partial charge in [-0.2, -0.15) is 0 Å². The molecule has 4 heteroatoms. The summed E-state index contributed by atoms with van der Waals surface area (Å²) < 4.78 is 7.34. The Hall–Kier alpha value is -0.900. The summed E-state index contributed by atoms with van der Waals surface area (Å²) in [6.45, 7) is 8.52. The first-order chi connectivity index (χ1) is 6.95. The second kappa shape index (κ2) is 4.75. The standard InChI is InChI=1S/C11H21N3O/c1-9(15-5)6-7-10-13-12-8-14(10)11(2,3)4/h8-9H,6-7H2,1-5H3. The zero-order valence-corrected chi connectivity index (χ0v) is 10.3. The number of hydrogen-bond acceptors (Lipinski definition) is 3. The van der Waals surface area contributed by atoms with Crippen molar-refractivity contribution in [2.45, 2.75) is 52.2 Å². The zero-order chi connectivity index (χ0) is 11.5. The molecule has 0 N–H and O–H groups in total. The van der Waals surface area contributed by atoms with Crippen LogP contribution in [0.4, 0.5) is 0 Å². The molecule has 4 nitrogen and oxygen atoms in total. The Bertz CT molecular complexity index is 301. The molecule has 0 bridgehead atoms. The van der Waals surface area contributed by atoms with Crippen LogP contribution in [0.2, 0.25) is 0 Å². The molecule has 1 rings (SSSR count). The maximum absolute atomic E-state index is 5.22. The number of methoxy groups -OCH3 is 1. The van der Waals surface area contributed by atoms with Crippen molar-refractivity contribution in [3.63, 3.8) is 0 Å². The average molecular weight is 211 g/mol. The Balaban J connectivity index is 2.66. The van der Waals surface area contributed by atoms with E-state index in [1.54, 1.807) is 13.4 Å². The second-order valence-electron chi connectivity index (χ2n) is 4.87. The van der Waals surface area contributed by atoms with Crippen LogP contribution >= 0.6 is 0 Å². The smallest absolute Gasteiger partial charge is 0.133 e. The first-order valence-electron chi connectivity index (χ1n) is 5.37. The Labute approximate surface area is 91.7 Å². The molecule has 1 unspecified atom stereocenters. The molecule has 0 radical (unpaired) electrons. The van der Waals surface area contributed by atoms with E-state index in [1.165, 1.54) is 0 Å². The van der Waals surface area contributed by atoms with Crippen LogP contribution in [0.25, 0.3) is 0 Å². The molecule has 0 aliphatic rings. The number of aromatic nitrogens is 3. The molecule has 0 aliphatic carbocycles. The molecule has 0 saturated heterocycles. The Kier molecular flexibility index (Phi) is 3.85. The third kappa shape index (κ3) is 3.30. The highest BCUT2D eigenvalue weighted by Gasteiger charge is 2.17. The quantitative estimate of drug-likeness (QED) is 0.764. The molecule has 0 saturated carbocycles. The van der Waals surface area contributed by atoms with Gasteiger partial charge in [0, 0.05) is 19.1 Å². The third-order valence-corrected chi connectivity index (χ3v) is 2.52. The van der Waals surface area contributed by atoms with Gasteiger partial charge in [0.05, 0.1) is 6.10 Å². The van der Waals surface area contributed by atoms with Gasteiger partial charge in [0.2, 0.25) is 0 Å². The van der Waals surface area contributed by atoms with Crippen LogP contribution in [-0.4, -0.2) is 28.0 Å². The van der Waals surface area contributed by atoms with Crippen molar-refractivity contribution >= 4 is 0 Å². The molecule has 1 aromatic rings. The van der Waals surface area contributed by atoms with Crippen LogP contribution in [-0.2, 0) is 16.7 Å². The number of nitrogens with zero attached hydrogens (tertiary/aromatic N) is 3. The van der Waals surface area contributed by atoms with E-state index >= 15 is 0 Å². The predicted octanol–water partition coefficient (Wildman–Crippen LogP) is 2.00. The maximum atomic E-state index is 5.22. The highest BCUT2D eigenvalue weighted by Crippen LogP contribution is 2.16. The van der Waals surface area contributed by atoms with E-state index in [4.69, 9.17) is 4.74 Å². The second-order valence-corrected chi connectivity index (χ2v) is 4.87. The Morgan fingerprint density at radius 2 is 2.13 bits per heavy atom. The van der Waals surface area contributed by atoms with Crippen LogP contribution < -0.4 is 0 Å². The third-order valence-electron chi connectivity index (χ3n) is 2.52. The van der Waals surface area contributed by atoms with Gasteiger partial charge < -0.3 is 9.30 Å². The van der Waals surface area contributed by atoms with Crippen molar-refractivity contribution in [2.75, 3.05) is 7.11 Å². The summed E-state index contributed by atoms with van der Waals surface area (Å²) >= 11 is 0. The molecule has 1 aromatic heterocycles. The molecule has 0 fully saturated rings. The van der Waals surface area contributed by atoms with Gasteiger partial charge in [-0.05, 0) is 34.1 Å².